The van der Waals surface area contributed by atoms with E-state index in [1.165, 1.54) is 0 Å². The molecule has 30 heavy (non-hydrogen) atoms. The van der Waals surface area contributed by atoms with Gasteiger partial charge >= 0.3 is 6.03 Å². The first-order chi connectivity index (χ1) is 14.6. The maximum atomic E-state index is 12.4. The van der Waals surface area contributed by atoms with Crippen LogP contribution in [0.2, 0.25) is 10.0 Å². The second-order valence-corrected chi connectivity index (χ2v) is 7.11. The fourth-order valence-corrected chi connectivity index (χ4v) is 3.05. The van der Waals surface area contributed by atoms with E-state index < -0.39 is 6.03 Å². The summed E-state index contributed by atoms with van der Waals surface area (Å²) in [7, 11) is 0. The highest BCUT2D eigenvalue weighted by Crippen LogP contribution is 2.25. The Hall–Kier alpha value is -3.42. The van der Waals surface area contributed by atoms with E-state index in [1.807, 2.05) is 24.3 Å². The highest BCUT2D eigenvalue weighted by Gasteiger charge is 2.13. The van der Waals surface area contributed by atoms with Crippen LogP contribution in [0.5, 0.6) is 0 Å². The molecule has 4 aromatic rings. The SMILES string of the molecule is O=C(Nc1ccc(Cl)c(Cl)c1)Nc1ccccc1Cc1nc(-c2cccnc2)no1. The molecule has 9 heteroatoms. The van der Waals surface area contributed by atoms with Crippen LogP contribution in [0, 0.1) is 0 Å². The number of aromatic nitrogens is 3. The van der Waals surface area contributed by atoms with Crippen LogP contribution in [0.4, 0.5) is 16.2 Å². The molecule has 0 aliphatic heterocycles. The third kappa shape index (κ3) is 4.76. The summed E-state index contributed by atoms with van der Waals surface area (Å²) in [4.78, 5) is 20.9. The lowest BCUT2D eigenvalue weighted by molar-refractivity contribution is 0.262. The van der Waals surface area contributed by atoms with Crippen LogP contribution in [0.25, 0.3) is 11.4 Å². The summed E-state index contributed by atoms with van der Waals surface area (Å²) in [5.74, 6) is 0.883. The number of nitrogens with zero attached hydrogens (tertiary/aromatic N) is 3. The van der Waals surface area contributed by atoms with E-state index >= 15 is 0 Å². The number of anilines is 2. The third-order valence-corrected chi connectivity index (χ3v) is 4.91. The Bertz CT molecular complexity index is 1180. The van der Waals surface area contributed by atoms with Crippen LogP contribution in [0.15, 0.2) is 71.5 Å². The van der Waals surface area contributed by atoms with Crippen molar-refractivity contribution in [1.29, 1.82) is 0 Å². The lowest BCUT2D eigenvalue weighted by Crippen LogP contribution is -2.20. The fourth-order valence-electron chi connectivity index (χ4n) is 2.76. The number of pyridine rings is 1. The van der Waals surface area contributed by atoms with Crippen molar-refractivity contribution in [3.63, 3.8) is 0 Å². The van der Waals surface area contributed by atoms with E-state index in [9.17, 15) is 4.79 Å². The lowest BCUT2D eigenvalue weighted by Gasteiger charge is -2.11. The van der Waals surface area contributed by atoms with Gasteiger partial charge in [-0.05, 0) is 42.0 Å². The van der Waals surface area contributed by atoms with Crippen molar-refractivity contribution in [3.8, 4) is 11.4 Å². The molecule has 0 radical (unpaired) electrons. The molecule has 2 heterocycles. The maximum absolute atomic E-state index is 12.4. The predicted molar refractivity (Wildman–Crippen MR) is 116 cm³/mol. The average Bonchev–Trinajstić information content (AvgIpc) is 3.21. The molecule has 0 bridgehead atoms. The van der Waals surface area contributed by atoms with Crippen LogP contribution in [-0.4, -0.2) is 21.2 Å². The number of hydrogen-bond donors (Lipinski definition) is 2. The summed E-state index contributed by atoms with van der Waals surface area (Å²) in [5, 5.41) is 10.3. The number of para-hydroxylation sites is 1. The summed E-state index contributed by atoms with van der Waals surface area (Å²) in [5.41, 5.74) is 2.73. The molecule has 7 nitrogen and oxygen atoms in total. The van der Waals surface area contributed by atoms with Gasteiger partial charge in [-0.1, -0.05) is 46.6 Å². The number of hydrogen-bond acceptors (Lipinski definition) is 5. The molecule has 150 valence electrons. The number of carbonyl (C=O) groups is 1. The summed E-state index contributed by atoms with van der Waals surface area (Å²) in [6.07, 6.45) is 3.70. The van der Waals surface area contributed by atoms with Gasteiger partial charge in [0.25, 0.3) is 0 Å². The van der Waals surface area contributed by atoms with Crippen LogP contribution < -0.4 is 10.6 Å². The zero-order valence-corrected chi connectivity index (χ0v) is 17.0. The van der Waals surface area contributed by atoms with Crippen LogP contribution >= 0.6 is 23.2 Å². The topological polar surface area (TPSA) is 92.9 Å². The molecule has 2 amide bonds. The Labute approximate surface area is 182 Å². The summed E-state index contributed by atoms with van der Waals surface area (Å²) in [6, 6.07) is 15.5. The fraction of sp³-hybridized carbons (Fsp3) is 0.0476. The molecule has 2 N–H and O–H groups in total. The minimum Gasteiger partial charge on any atom is -0.339 e. The van der Waals surface area contributed by atoms with Gasteiger partial charge in [-0.3, -0.25) is 4.98 Å². The number of urea groups is 1. The van der Waals surface area contributed by atoms with Crippen LogP contribution in [0.3, 0.4) is 0 Å². The molecule has 2 aromatic carbocycles. The van der Waals surface area contributed by atoms with Crippen molar-refractivity contribution in [2.24, 2.45) is 0 Å². The molecule has 0 unspecified atom stereocenters. The first-order valence-electron chi connectivity index (χ1n) is 8.92. The van der Waals surface area contributed by atoms with E-state index in [0.29, 0.717) is 39.6 Å². The number of rotatable bonds is 5. The van der Waals surface area contributed by atoms with Gasteiger partial charge in [-0.25, -0.2) is 4.79 Å². The Balaban J connectivity index is 1.47. The second kappa shape index (κ2) is 8.94. The van der Waals surface area contributed by atoms with Crippen molar-refractivity contribution in [1.82, 2.24) is 15.1 Å². The van der Waals surface area contributed by atoms with Crippen molar-refractivity contribution in [3.05, 3.63) is 88.5 Å². The first kappa shape index (κ1) is 19.9. The molecule has 0 atom stereocenters. The smallest absolute Gasteiger partial charge is 0.323 e. The van der Waals surface area contributed by atoms with Crippen molar-refractivity contribution >= 4 is 40.6 Å². The largest absolute Gasteiger partial charge is 0.339 e. The first-order valence-corrected chi connectivity index (χ1v) is 9.68. The van der Waals surface area contributed by atoms with E-state index in [1.54, 1.807) is 42.7 Å². The average molecular weight is 440 g/mol. The van der Waals surface area contributed by atoms with Gasteiger partial charge in [-0.15, -0.1) is 0 Å². The molecular formula is C21H15Cl2N5O2. The zero-order valence-electron chi connectivity index (χ0n) is 15.5. The quantitative estimate of drug-likeness (QED) is 0.417. The minimum absolute atomic E-state index is 0.357. The zero-order chi connectivity index (χ0) is 20.9. The number of amides is 2. The highest BCUT2D eigenvalue weighted by molar-refractivity contribution is 6.42. The van der Waals surface area contributed by atoms with E-state index in [4.69, 9.17) is 27.7 Å². The molecule has 0 spiro atoms. The van der Waals surface area contributed by atoms with Gasteiger partial charge < -0.3 is 15.2 Å². The normalized spacial score (nSPS) is 10.6. The van der Waals surface area contributed by atoms with Gasteiger partial charge in [0, 0.05) is 29.3 Å². The van der Waals surface area contributed by atoms with Gasteiger partial charge in [0.2, 0.25) is 11.7 Å². The third-order valence-electron chi connectivity index (χ3n) is 4.17. The standard InChI is InChI=1S/C21H15Cl2N5O2/c22-16-8-7-15(11-17(16)23)25-21(29)26-18-6-2-1-4-13(18)10-19-27-20(28-30-19)14-5-3-9-24-12-14/h1-9,11-12H,10H2,(H2,25,26,29). The van der Waals surface area contributed by atoms with E-state index in [-0.39, 0.29) is 0 Å². The molecule has 0 saturated heterocycles. The maximum Gasteiger partial charge on any atom is 0.323 e. The molecule has 0 aliphatic rings. The molecule has 4 rings (SSSR count). The molecule has 0 saturated carbocycles. The van der Waals surface area contributed by atoms with Gasteiger partial charge in [0.05, 0.1) is 16.5 Å². The minimum atomic E-state index is -0.414. The van der Waals surface area contributed by atoms with E-state index in [2.05, 4.69) is 25.8 Å². The second-order valence-electron chi connectivity index (χ2n) is 6.30. The molecule has 0 aliphatic carbocycles. The summed E-state index contributed by atoms with van der Waals surface area (Å²) < 4.78 is 5.36. The van der Waals surface area contributed by atoms with Crippen LogP contribution in [-0.2, 0) is 6.42 Å². The van der Waals surface area contributed by atoms with Crippen molar-refractivity contribution in [2.45, 2.75) is 6.42 Å². The molecular weight excluding hydrogens is 425 g/mol. The predicted octanol–water partition coefficient (Wildman–Crippen LogP) is 5.67. The molecule has 0 fully saturated rings. The number of nitrogens with one attached hydrogen (secondary N) is 2. The van der Waals surface area contributed by atoms with E-state index in [0.717, 1.165) is 11.1 Å². The van der Waals surface area contributed by atoms with Gasteiger partial charge in [-0.2, -0.15) is 4.98 Å². The monoisotopic (exact) mass is 439 g/mol. The lowest BCUT2D eigenvalue weighted by atomic mass is 10.1. The van der Waals surface area contributed by atoms with Crippen molar-refractivity contribution < 1.29 is 9.32 Å². The number of carbonyl (C=O) groups excluding carboxylic acids is 1. The summed E-state index contributed by atoms with van der Waals surface area (Å²) in [6.45, 7) is 0. The Morgan fingerprint density at radius 3 is 2.67 bits per heavy atom. The summed E-state index contributed by atoms with van der Waals surface area (Å²) >= 11 is 11.9. The highest BCUT2D eigenvalue weighted by atomic mass is 35.5. The molecule has 2 aromatic heterocycles. The Morgan fingerprint density at radius 2 is 1.87 bits per heavy atom. The number of halogens is 2. The number of benzene rings is 2. The van der Waals surface area contributed by atoms with Gasteiger partial charge in [0.15, 0.2) is 0 Å². The van der Waals surface area contributed by atoms with Gasteiger partial charge in [0.1, 0.15) is 0 Å². The Kier molecular flexibility index (Phi) is 5.92. The Morgan fingerprint density at radius 1 is 1.00 bits per heavy atom. The van der Waals surface area contributed by atoms with Crippen molar-refractivity contribution in [2.75, 3.05) is 10.6 Å². The van der Waals surface area contributed by atoms with Crippen LogP contribution in [0.1, 0.15) is 11.5 Å².